The smallest absolute Gasteiger partial charge is 0.263 e. The molecule has 0 fully saturated rings. The van der Waals surface area contributed by atoms with E-state index in [4.69, 9.17) is 4.42 Å². The molecule has 2 aromatic heterocycles. The SMILES string of the molecule is CS(=O)(=O)c1ccc(CCCCCCC(=O)c2ncc(-c3ccccn3)o2)cc1. The highest BCUT2D eigenvalue weighted by atomic mass is 32.2. The number of carbonyl (C=O) groups excluding carboxylic acids is 1. The number of hydrogen-bond donors (Lipinski definition) is 0. The van der Waals surface area contributed by atoms with Crippen molar-refractivity contribution >= 4 is 15.6 Å². The fourth-order valence-electron chi connectivity index (χ4n) is 3.01. The van der Waals surface area contributed by atoms with Crippen LogP contribution in [0.4, 0.5) is 0 Å². The molecular weight excluding hydrogens is 388 g/mol. The molecule has 7 heteroatoms. The van der Waals surface area contributed by atoms with E-state index in [1.54, 1.807) is 18.3 Å². The van der Waals surface area contributed by atoms with E-state index in [2.05, 4.69) is 9.97 Å². The van der Waals surface area contributed by atoms with Crippen LogP contribution in [0.2, 0.25) is 0 Å². The van der Waals surface area contributed by atoms with Gasteiger partial charge in [-0.1, -0.05) is 31.0 Å². The molecule has 2 heterocycles. The fourth-order valence-corrected chi connectivity index (χ4v) is 3.64. The van der Waals surface area contributed by atoms with Crippen LogP contribution < -0.4 is 0 Å². The van der Waals surface area contributed by atoms with Crippen LogP contribution in [0.1, 0.15) is 48.4 Å². The van der Waals surface area contributed by atoms with Gasteiger partial charge in [-0.25, -0.2) is 13.4 Å². The predicted octanol–water partition coefficient (Wildman–Crippen LogP) is 4.52. The van der Waals surface area contributed by atoms with Crippen molar-refractivity contribution in [3.63, 3.8) is 0 Å². The fraction of sp³-hybridized carbons (Fsp3) is 0.318. The highest BCUT2D eigenvalue weighted by molar-refractivity contribution is 7.90. The monoisotopic (exact) mass is 412 g/mol. The number of carbonyl (C=O) groups is 1. The van der Waals surface area contributed by atoms with Crippen molar-refractivity contribution < 1.29 is 17.6 Å². The molecule has 0 N–H and O–H groups in total. The summed E-state index contributed by atoms with van der Waals surface area (Å²) in [6.45, 7) is 0. The molecule has 152 valence electrons. The third-order valence-electron chi connectivity index (χ3n) is 4.63. The third-order valence-corrected chi connectivity index (χ3v) is 5.76. The van der Waals surface area contributed by atoms with Crippen LogP contribution >= 0.6 is 0 Å². The molecule has 0 aliphatic carbocycles. The number of aromatic nitrogens is 2. The van der Waals surface area contributed by atoms with Gasteiger partial charge in [-0.3, -0.25) is 9.78 Å². The number of aryl methyl sites for hydroxylation is 1. The Bertz CT molecular complexity index is 1040. The first kappa shape index (κ1) is 20.9. The standard InChI is InChI=1S/C22H24N2O4S/c1-29(26,27)18-13-11-17(12-14-18)8-4-2-3-5-10-20(25)22-24-16-21(28-22)19-9-6-7-15-23-19/h6-7,9,11-16H,2-5,8,10H2,1H3. The van der Waals surface area contributed by atoms with Gasteiger partial charge in [-0.05, 0) is 49.1 Å². The average Bonchev–Trinajstić information content (AvgIpc) is 3.21. The number of nitrogens with zero attached hydrogens (tertiary/aromatic N) is 2. The van der Waals surface area contributed by atoms with Gasteiger partial charge in [0, 0.05) is 18.9 Å². The maximum atomic E-state index is 12.2. The Hall–Kier alpha value is -2.80. The molecule has 0 aliphatic rings. The second kappa shape index (κ2) is 9.60. The molecule has 0 atom stereocenters. The summed E-state index contributed by atoms with van der Waals surface area (Å²) < 4.78 is 28.5. The Morgan fingerprint density at radius 2 is 1.72 bits per heavy atom. The molecule has 0 saturated carbocycles. The van der Waals surface area contributed by atoms with E-state index >= 15 is 0 Å². The lowest BCUT2D eigenvalue weighted by atomic mass is 10.0. The first-order chi connectivity index (χ1) is 13.9. The molecule has 0 radical (unpaired) electrons. The molecule has 6 nitrogen and oxygen atoms in total. The van der Waals surface area contributed by atoms with Gasteiger partial charge in [0.05, 0.1) is 11.1 Å². The molecule has 0 bridgehead atoms. The Morgan fingerprint density at radius 1 is 0.966 bits per heavy atom. The van der Waals surface area contributed by atoms with Crippen LogP contribution in [-0.2, 0) is 16.3 Å². The molecule has 29 heavy (non-hydrogen) atoms. The van der Waals surface area contributed by atoms with Gasteiger partial charge >= 0.3 is 0 Å². The van der Waals surface area contributed by atoms with Crippen molar-refractivity contribution in [3.8, 4) is 11.5 Å². The minimum atomic E-state index is -3.15. The van der Waals surface area contributed by atoms with E-state index in [1.807, 2.05) is 30.3 Å². The molecule has 3 aromatic rings. The zero-order chi connectivity index (χ0) is 20.7. The summed E-state index contributed by atoms with van der Waals surface area (Å²) in [5.41, 5.74) is 1.78. The molecule has 0 aliphatic heterocycles. The zero-order valence-corrected chi connectivity index (χ0v) is 17.2. The quantitative estimate of drug-likeness (QED) is 0.359. The number of hydrogen-bond acceptors (Lipinski definition) is 6. The number of benzene rings is 1. The van der Waals surface area contributed by atoms with Crippen molar-refractivity contribution in [1.82, 2.24) is 9.97 Å². The van der Waals surface area contributed by atoms with Crippen molar-refractivity contribution in [2.24, 2.45) is 0 Å². The summed E-state index contributed by atoms with van der Waals surface area (Å²) in [7, 11) is -3.15. The first-order valence-electron chi connectivity index (χ1n) is 9.63. The number of rotatable bonds is 10. The summed E-state index contributed by atoms with van der Waals surface area (Å²) >= 11 is 0. The lowest BCUT2D eigenvalue weighted by molar-refractivity contribution is 0.0946. The molecule has 0 amide bonds. The topological polar surface area (TPSA) is 90.1 Å². The Balaban J connectivity index is 1.36. The summed E-state index contributed by atoms with van der Waals surface area (Å²) in [5.74, 6) is 0.538. The number of sulfone groups is 1. The summed E-state index contributed by atoms with van der Waals surface area (Å²) in [5, 5.41) is 0. The predicted molar refractivity (Wildman–Crippen MR) is 110 cm³/mol. The normalized spacial score (nSPS) is 11.5. The number of Topliss-reactive ketones (excluding diaryl/α,β-unsaturated/α-hetero) is 1. The van der Waals surface area contributed by atoms with Crippen LogP contribution in [0, 0.1) is 0 Å². The second-order valence-corrected chi connectivity index (χ2v) is 9.01. The molecule has 0 saturated heterocycles. The Kier molecular flexibility index (Phi) is 6.93. The summed E-state index contributed by atoms with van der Waals surface area (Å²) in [4.78, 5) is 20.8. The summed E-state index contributed by atoms with van der Waals surface area (Å²) in [6.07, 6.45) is 9.44. The van der Waals surface area contributed by atoms with Crippen molar-refractivity contribution in [1.29, 1.82) is 0 Å². The maximum absolute atomic E-state index is 12.2. The molecule has 1 aromatic carbocycles. The van der Waals surface area contributed by atoms with Crippen LogP contribution in [0.5, 0.6) is 0 Å². The van der Waals surface area contributed by atoms with Crippen LogP contribution in [0.3, 0.4) is 0 Å². The molecule has 0 unspecified atom stereocenters. The van der Waals surface area contributed by atoms with Gasteiger partial charge in [-0.15, -0.1) is 0 Å². The van der Waals surface area contributed by atoms with Crippen molar-refractivity contribution in [3.05, 3.63) is 66.3 Å². The van der Waals surface area contributed by atoms with Crippen molar-refractivity contribution in [2.75, 3.05) is 6.26 Å². The van der Waals surface area contributed by atoms with Gasteiger partial charge in [-0.2, -0.15) is 0 Å². The summed E-state index contributed by atoms with van der Waals surface area (Å²) in [6, 6.07) is 12.5. The third kappa shape index (κ3) is 6.09. The van der Waals surface area contributed by atoms with Gasteiger partial charge < -0.3 is 4.42 Å². The molecular formula is C22H24N2O4S. The number of unbranched alkanes of at least 4 members (excludes halogenated alkanes) is 3. The average molecular weight is 413 g/mol. The first-order valence-corrected chi connectivity index (χ1v) is 11.5. The Labute approximate surface area is 170 Å². The van der Waals surface area contributed by atoms with Crippen LogP contribution in [-0.4, -0.2) is 30.4 Å². The number of oxazole rings is 1. The number of ketones is 1. The van der Waals surface area contributed by atoms with Gasteiger partial charge in [0.25, 0.3) is 5.89 Å². The number of pyridine rings is 1. The maximum Gasteiger partial charge on any atom is 0.263 e. The van der Waals surface area contributed by atoms with E-state index in [-0.39, 0.29) is 11.7 Å². The van der Waals surface area contributed by atoms with E-state index in [0.717, 1.165) is 37.7 Å². The molecule has 3 rings (SSSR count). The Morgan fingerprint density at radius 3 is 2.41 bits per heavy atom. The largest absolute Gasteiger partial charge is 0.432 e. The lowest BCUT2D eigenvalue weighted by Crippen LogP contribution is -1.99. The zero-order valence-electron chi connectivity index (χ0n) is 16.4. The van der Waals surface area contributed by atoms with E-state index in [0.29, 0.717) is 22.8 Å². The minimum absolute atomic E-state index is 0.0939. The van der Waals surface area contributed by atoms with Gasteiger partial charge in [0.2, 0.25) is 5.78 Å². The highest BCUT2D eigenvalue weighted by Crippen LogP contribution is 2.19. The second-order valence-electron chi connectivity index (χ2n) is 7.00. The minimum Gasteiger partial charge on any atom is -0.432 e. The highest BCUT2D eigenvalue weighted by Gasteiger charge is 2.14. The van der Waals surface area contributed by atoms with Gasteiger partial charge in [0.15, 0.2) is 15.6 Å². The van der Waals surface area contributed by atoms with E-state index in [1.165, 1.54) is 12.5 Å². The van der Waals surface area contributed by atoms with Gasteiger partial charge in [0.1, 0.15) is 5.69 Å². The van der Waals surface area contributed by atoms with Crippen LogP contribution in [0.15, 0.2) is 64.2 Å². The van der Waals surface area contributed by atoms with E-state index < -0.39 is 9.84 Å². The lowest BCUT2D eigenvalue weighted by Gasteiger charge is -2.03. The van der Waals surface area contributed by atoms with E-state index in [9.17, 15) is 13.2 Å². The van der Waals surface area contributed by atoms with Crippen LogP contribution in [0.25, 0.3) is 11.5 Å². The molecule has 0 spiro atoms. The van der Waals surface area contributed by atoms with Crippen molar-refractivity contribution in [2.45, 2.75) is 43.4 Å².